The van der Waals surface area contributed by atoms with Crippen LogP contribution in [-0.4, -0.2) is 22.3 Å². The number of rotatable bonds is 4. The quantitative estimate of drug-likeness (QED) is 0.896. The van der Waals surface area contributed by atoms with Crippen LogP contribution in [0.2, 0.25) is 0 Å². The molecule has 0 spiro atoms. The second-order valence-electron chi connectivity index (χ2n) is 5.46. The summed E-state index contributed by atoms with van der Waals surface area (Å²) in [6.45, 7) is 2.40. The molecule has 3 rings (SSSR count). The molecule has 0 bridgehead atoms. The Balaban J connectivity index is 1.86. The molecule has 1 aromatic heterocycles. The van der Waals surface area contributed by atoms with Crippen molar-refractivity contribution in [2.24, 2.45) is 0 Å². The second kappa shape index (κ2) is 4.80. The highest BCUT2D eigenvalue weighted by atomic mass is 16.5. The Morgan fingerprint density at radius 1 is 1.30 bits per heavy atom. The number of nitrogen functional groups attached to an aromatic ring is 1. The Kier molecular flexibility index (Phi) is 3.10. The van der Waals surface area contributed by atoms with Gasteiger partial charge >= 0.3 is 0 Å². The van der Waals surface area contributed by atoms with E-state index in [1.54, 1.807) is 6.20 Å². The topological polar surface area (TPSA) is 68.4 Å². The van der Waals surface area contributed by atoms with Gasteiger partial charge in [-0.2, -0.15) is 0 Å². The van der Waals surface area contributed by atoms with Crippen LogP contribution < -0.4 is 10.5 Å². The van der Waals surface area contributed by atoms with Gasteiger partial charge in [0.1, 0.15) is 18.2 Å². The van der Waals surface area contributed by atoms with Gasteiger partial charge in [-0.25, -0.2) is 4.98 Å². The first-order chi connectivity index (χ1) is 9.56. The lowest BCUT2D eigenvalue weighted by Gasteiger charge is -2.13. The minimum Gasteiger partial charge on any atom is -0.491 e. The molecule has 1 heterocycles. The zero-order chi connectivity index (χ0) is 14.2. The first-order valence-corrected chi connectivity index (χ1v) is 6.73. The maximum absolute atomic E-state index is 9.82. The van der Waals surface area contributed by atoms with Crippen LogP contribution in [0, 0.1) is 6.92 Å². The number of aryl methyl sites for hydroxylation is 1. The minimum absolute atomic E-state index is 0.355. The van der Waals surface area contributed by atoms with Gasteiger partial charge in [0.05, 0.1) is 5.60 Å². The predicted molar refractivity (Wildman–Crippen MR) is 78.5 cm³/mol. The maximum Gasteiger partial charge on any atom is 0.123 e. The van der Waals surface area contributed by atoms with Crippen LogP contribution in [0.15, 0.2) is 36.5 Å². The van der Waals surface area contributed by atoms with Crippen molar-refractivity contribution in [3.05, 3.63) is 42.1 Å². The summed E-state index contributed by atoms with van der Waals surface area (Å²) in [5, 5.41) is 9.82. The highest BCUT2D eigenvalue weighted by molar-refractivity contribution is 5.70. The maximum atomic E-state index is 9.82. The fourth-order valence-electron chi connectivity index (χ4n) is 2.12. The summed E-state index contributed by atoms with van der Waals surface area (Å²) in [5.74, 6) is 1.27. The van der Waals surface area contributed by atoms with E-state index in [2.05, 4.69) is 4.98 Å². The highest BCUT2D eigenvalue weighted by Crippen LogP contribution is 2.36. The van der Waals surface area contributed by atoms with Gasteiger partial charge in [-0.05, 0) is 60.7 Å². The van der Waals surface area contributed by atoms with Gasteiger partial charge in [-0.3, -0.25) is 0 Å². The van der Waals surface area contributed by atoms with Crippen LogP contribution in [0.4, 0.5) is 5.82 Å². The minimum atomic E-state index is -0.605. The highest BCUT2D eigenvalue weighted by Gasteiger charge is 2.41. The number of aromatic nitrogens is 1. The van der Waals surface area contributed by atoms with Crippen molar-refractivity contribution in [3.63, 3.8) is 0 Å². The normalized spacial score (nSPS) is 15.9. The molecule has 1 aliphatic carbocycles. The Hall–Kier alpha value is -2.07. The van der Waals surface area contributed by atoms with Crippen molar-refractivity contribution in [2.45, 2.75) is 25.4 Å². The Morgan fingerprint density at radius 3 is 2.80 bits per heavy atom. The van der Waals surface area contributed by atoms with E-state index >= 15 is 0 Å². The van der Waals surface area contributed by atoms with Crippen molar-refractivity contribution in [1.29, 1.82) is 0 Å². The van der Waals surface area contributed by atoms with Crippen LogP contribution in [0.25, 0.3) is 11.1 Å². The largest absolute Gasteiger partial charge is 0.491 e. The van der Waals surface area contributed by atoms with Crippen LogP contribution in [0.3, 0.4) is 0 Å². The molecule has 1 fully saturated rings. The fourth-order valence-corrected chi connectivity index (χ4v) is 2.12. The lowest BCUT2D eigenvalue weighted by molar-refractivity contribution is 0.0856. The zero-order valence-electron chi connectivity index (χ0n) is 11.5. The molecule has 0 atom stereocenters. The van der Waals surface area contributed by atoms with E-state index in [-0.39, 0.29) is 0 Å². The molecule has 2 aromatic rings. The summed E-state index contributed by atoms with van der Waals surface area (Å²) < 4.78 is 5.68. The molecule has 1 aliphatic rings. The molecule has 20 heavy (non-hydrogen) atoms. The molecule has 0 radical (unpaired) electrons. The molecular formula is C16H18N2O2. The average molecular weight is 270 g/mol. The van der Waals surface area contributed by atoms with Crippen molar-refractivity contribution in [3.8, 4) is 16.9 Å². The summed E-state index contributed by atoms with van der Waals surface area (Å²) in [6.07, 6.45) is 3.35. The van der Waals surface area contributed by atoms with E-state index < -0.39 is 5.60 Å². The third-order valence-electron chi connectivity index (χ3n) is 3.64. The van der Waals surface area contributed by atoms with Gasteiger partial charge in [0.25, 0.3) is 0 Å². The van der Waals surface area contributed by atoms with Crippen molar-refractivity contribution in [2.75, 3.05) is 12.3 Å². The van der Waals surface area contributed by atoms with E-state index in [1.807, 2.05) is 37.3 Å². The third kappa shape index (κ3) is 2.75. The standard InChI is InChI=1S/C16H18N2O2/c1-11-2-3-13(20-10-16(19)5-6-16)9-14(11)12-4-7-18-15(17)8-12/h2-4,7-9,19H,5-6,10H2,1H3,(H2,17,18). The molecule has 0 saturated heterocycles. The lowest BCUT2D eigenvalue weighted by Crippen LogP contribution is -2.18. The zero-order valence-corrected chi connectivity index (χ0v) is 11.5. The number of hydrogen-bond donors (Lipinski definition) is 2. The average Bonchev–Trinajstić information content (AvgIpc) is 3.16. The SMILES string of the molecule is Cc1ccc(OCC2(O)CC2)cc1-c1ccnc(N)c1. The van der Waals surface area contributed by atoms with E-state index in [1.165, 1.54) is 0 Å². The molecule has 0 aliphatic heterocycles. The van der Waals surface area contributed by atoms with E-state index in [4.69, 9.17) is 10.5 Å². The number of benzene rings is 1. The molecule has 0 amide bonds. The van der Waals surface area contributed by atoms with Gasteiger partial charge in [-0.1, -0.05) is 6.07 Å². The second-order valence-corrected chi connectivity index (χ2v) is 5.46. The summed E-state index contributed by atoms with van der Waals surface area (Å²) >= 11 is 0. The molecule has 1 aromatic carbocycles. The van der Waals surface area contributed by atoms with Gasteiger partial charge in [-0.15, -0.1) is 0 Å². The number of aliphatic hydroxyl groups is 1. The van der Waals surface area contributed by atoms with Gasteiger partial charge in [0.15, 0.2) is 0 Å². The summed E-state index contributed by atoms with van der Waals surface area (Å²) in [7, 11) is 0. The van der Waals surface area contributed by atoms with E-state index in [0.717, 1.165) is 35.3 Å². The molecule has 104 valence electrons. The van der Waals surface area contributed by atoms with E-state index in [9.17, 15) is 5.11 Å². The fraction of sp³-hybridized carbons (Fsp3) is 0.312. The molecule has 4 nitrogen and oxygen atoms in total. The number of pyridine rings is 1. The van der Waals surface area contributed by atoms with Crippen molar-refractivity contribution in [1.82, 2.24) is 4.98 Å². The Morgan fingerprint density at radius 2 is 2.10 bits per heavy atom. The van der Waals surface area contributed by atoms with Gasteiger partial charge < -0.3 is 15.6 Å². The summed E-state index contributed by atoms with van der Waals surface area (Å²) in [4.78, 5) is 4.01. The van der Waals surface area contributed by atoms with Crippen LogP contribution in [0.5, 0.6) is 5.75 Å². The van der Waals surface area contributed by atoms with Crippen LogP contribution >= 0.6 is 0 Å². The predicted octanol–water partition coefficient (Wildman–Crippen LogP) is 2.54. The Labute approximate surface area is 118 Å². The first-order valence-electron chi connectivity index (χ1n) is 6.73. The van der Waals surface area contributed by atoms with E-state index in [0.29, 0.717) is 12.4 Å². The monoisotopic (exact) mass is 270 g/mol. The lowest BCUT2D eigenvalue weighted by atomic mass is 10.0. The third-order valence-corrected chi connectivity index (χ3v) is 3.64. The number of ether oxygens (including phenoxy) is 1. The molecule has 3 N–H and O–H groups in total. The molecule has 1 saturated carbocycles. The molecule has 4 heteroatoms. The molecule has 0 unspecified atom stereocenters. The van der Waals surface area contributed by atoms with Gasteiger partial charge in [0, 0.05) is 6.20 Å². The summed E-state index contributed by atoms with van der Waals surface area (Å²) in [5.41, 5.74) is 8.36. The van der Waals surface area contributed by atoms with Crippen molar-refractivity contribution < 1.29 is 9.84 Å². The van der Waals surface area contributed by atoms with Crippen molar-refractivity contribution >= 4 is 5.82 Å². The van der Waals surface area contributed by atoms with Crippen LogP contribution in [0.1, 0.15) is 18.4 Å². The number of nitrogens with zero attached hydrogens (tertiary/aromatic N) is 1. The van der Waals surface area contributed by atoms with Crippen LogP contribution in [-0.2, 0) is 0 Å². The first kappa shape index (κ1) is 12.9. The number of nitrogens with two attached hydrogens (primary N) is 1. The van der Waals surface area contributed by atoms with Gasteiger partial charge in [0.2, 0.25) is 0 Å². The smallest absolute Gasteiger partial charge is 0.123 e. The summed E-state index contributed by atoms with van der Waals surface area (Å²) in [6, 6.07) is 9.70. The molecular weight excluding hydrogens is 252 g/mol. The number of anilines is 1. The Bertz CT molecular complexity index is 636. The number of hydrogen-bond acceptors (Lipinski definition) is 4.